The molecule has 3 saturated heterocycles. The highest BCUT2D eigenvalue weighted by molar-refractivity contribution is 7.16. The van der Waals surface area contributed by atoms with Crippen molar-refractivity contribution < 1.29 is 23.8 Å². The van der Waals surface area contributed by atoms with E-state index in [1.807, 2.05) is 26.0 Å². The number of likely N-dealkylation sites (tertiary alicyclic amines) is 1. The average molecular weight is 620 g/mol. The number of aryl methyl sites for hydroxylation is 1. The number of carbonyl (C=O) groups excluding carboxylic acids is 2. The van der Waals surface area contributed by atoms with Crippen molar-refractivity contribution in [3.8, 4) is 11.3 Å². The number of rotatable bonds is 9. The first-order chi connectivity index (χ1) is 20.1. The van der Waals surface area contributed by atoms with Crippen LogP contribution in [0.15, 0.2) is 24.3 Å². The van der Waals surface area contributed by atoms with E-state index in [9.17, 15) is 9.59 Å². The number of ether oxygens (including phenoxy) is 3. The number of aromatic nitrogens is 1. The van der Waals surface area contributed by atoms with Crippen LogP contribution in [0.4, 0.5) is 5.13 Å². The van der Waals surface area contributed by atoms with Crippen molar-refractivity contribution in [3.05, 3.63) is 34.7 Å². The maximum Gasteiger partial charge on any atom is 0.251 e. The Bertz CT molecular complexity index is 1260. The van der Waals surface area contributed by atoms with Crippen LogP contribution in [0.25, 0.3) is 11.3 Å². The molecule has 4 heterocycles. The first-order valence-electron chi connectivity index (χ1n) is 14.6. The van der Waals surface area contributed by atoms with Gasteiger partial charge in [-0.25, -0.2) is 4.98 Å². The number of alkyl halides is 1. The summed E-state index contributed by atoms with van der Waals surface area (Å²) in [6.07, 6.45) is 0.0640. The molecule has 5 rings (SSSR count). The number of hydrogen-bond donors (Lipinski definition) is 1. The number of nitrogens with zero attached hydrogens (tertiary/aromatic N) is 4. The zero-order valence-corrected chi connectivity index (χ0v) is 26.8. The number of carbonyl (C=O) groups is 2. The van der Waals surface area contributed by atoms with Gasteiger partial charge in [0.15, 0.2) is 5.13 Å². The molecule has 2 unspecified atom stereocenters. The molecule has 1 aromatic heterocycles. The van der Waals surface area contributed by atoms with Crippen LogP contribution < -0.4 is 10.2 Å². The fourth-order valence-corrected chi connectivity index (χ4v) is 7.47. The molecule has 0 aliphatic carbocycles. The third kappa shape index (κ3) is 6.05. The second-order valence-electron chi connectivity index (χ2n) is 11.9. The number of methoxy groups -OCH3 is 2. The van der Waals surface area contributed by atoms with E-state index in [4.69, 9.17) is 30.8 Å². The standard InChI is InChI=1S/C30H42ClN5O5S/c1-18(2)15-23(28(38)36-16-22(31)25-26(36)30(39-5,40-6)17-41-25)32-27(37)21-9-7-20(8-10-21)24-19(3)42-29(33-24)35-13-11-34(4)12-14-35/h7-10,18,22-23,25-26H,11-17H2,1-6H3,(H,32,37)/t22-,23+,25?,26?/m1/s1. The van der Waals surface area contributed by atoms with Crippen molar-refractivity contribution in [2.75, 3.05) is 65.5 Å². The van der Waals surface area contributed by atoms with E-state index in [2.05, 4.69) is 29.1 Å². The molecule has 1 N–H and O–H groups in total. The van der Waals surface area contributed by atoms with Crippen molar-refractivity contribution in [1.29, 1.82) is 0 Å². The molecule has 3 aliphatic rings. The molecular weight excluding hydrogens is 578 g/mol. The van der Waals surface area contributed by atoms with E-state index < -0.39 is 29.4 Å². The molecule has 0 spiro atoms. The first-order valence-corrected chi connectivity index (χ1v) is 15.8. The number of anilines is 1. The quantitative estimate of drug-likeness (QED) is 0.338. The normalized spacial score (nSPS) is 24.7. The van der Waals surface area contributed by atoms with Gasteiger partial charge in [0.25, 0.3) is 5.91 Å². The van der Waals surface area contributed by atoms with E-state index in [0.29, 0.717) is 12.0 Å². The minimum absolute atomic E-state index is 0.170. The third-order valence-corrected chi connectivity index (χ3v) is 9.98. The monoisotopic (exact) mass is 619 g/mol. The molecule has 2 aromatic rings. The minimum Gasteiger partial charge on any atom is -0.369 e. The Morgan fingerprint density at radius 1 is 1.17 bits per heavy atom. The van der Waals surface area contributed by atoms with E-state index >= 15 is 0 Å². The summed E-state index contributed by atoms with van der Waals surface area (Å²) in [4.78, 5) is 39.8. The molecule has 0 bridgehead atoms. The van der Waals surface area contributed by atoms with Crippen LogP contribution >= 0.6 is 22.9 Å². The summed E-state index contributed by atoms with van der Waals surface area (Å²) in [6.45, 7) is 10.6. The van der Waals surface area contributed by atoms with Gasteiger partial charge >= 0.3 is 0 Å². The van der Waals surface area contributed by atoms with Crippen molar-refractivity contribution in [2.45, 2.75) is 56.5 Å². The predicted octanol–water partition coefficient (Wildman–Crippen LogP) is 3.22. The Kier molecular flexibility index (Phi) is 9.46. The zero-order valence-electron chi connectivity index (χ0n) is 25.3. The van der Waals surface area contributed by atoms with Gasteiger partial charge in [-0.05, 0) is 38.4 Å². The number of thiazole rings is 1. The number of nitrogens with one attached hydrogen (secondary N) is 1. The molecule has 2 amide bonds. The van der Waals surface area contributed by atoms with E-state index in [1.165, 1.54) is 14.2 Å². The minimum atomic E-state index is -1.11. The Hall–Kier alpha value is -2.28. The maximum absolute atomic E-state index is 14.0. The number of amides is 2. The van der Waals surface area contributed by atoms with Crippen molar-refractivity contribution >= 4 is 39.9 Å². The molecular formula is C30H42ClN5O5S. The zero-order chi connectivity index (χ0) is 30.2. The fourth-order valence-electron chi connectivity index (χ4n) is 6.13. The lowest BCUT2D eigenvalue weighted by molar-refractivity contribution is -0.227. The number of hydrogen-bond acceptors (Lipinski definition) is 9. The molecule has 1 aromatic carbocycles. The van der Waals surface area contributed by atoms with Gasteiger partial charge < -0.3 is 34.2 Å². The van der Waals surface area contributed by atoms with Crippen LogP contribution in [-0.4, -0.2) is 117 Å². The Morgan fingerprint density at radius 2 is 1.83 bits per heavy atom. The second kappa shape index (κ2) is 12.8. The Labute approximate surface area is 257 Å². The molecule has 0 saturated carbocycles. The molecule has 4 atom stereocenters. The lowest BCUT2D eigenvalue weighted by atomic mass is 10.00. The predicted molar refractivity (Wildman–Crippen MR) is 164 cm³/mol. The molecule has 230 valence electrons. The number of halogens is 1. The van der Waals surface area contributed by atoms with E-state index in [0.717, 1.165) is 47.4 Å². The lowest BCUT2D eigenvalue weighted by Gasteiger charge is -2.37. The fraction of sp³-hybridized carbons (Fsp3) is 0.633. The highest BCUT2D eigenvalue weighted by atomic mass is 35.5. The van der Waals surface area contributed by atoms with E-state index in [1.54, 1.807) is 28.4 Å². The van der Waals surface area contributed by atoms with Crippen LogP contribution in [-0.2, 0) is 19.0 Å². The topological polar surface area (TPSA) is 96.5 Å². The molecule has 0 radical (unpaired) electrons. The van der Waals surface area contributed by atoms with Crippen LogP contribution in [0.5, 0.6) is 0 Å². The summed E-state index contributed by atoms with van der Waals surface area (Å²) in [5.41, 5.74) is 2.38. The molecule has 3 aliphatic heterocycles. The maximum atomic E-state index is 14.0. The SMILES string of the molecule is COC1(OC)COC2C1N(C(=O)[C@H](CC(C)C)NC(=O)c1ccc(-c3nc(N4CCN(C)CC4)sc3C)cc1)C[C@H]2Cl. The van der Waals surface area contributed by atoms with Crippen LogP contribution in [0, 0.1) is 12.8 Å². The summed E-state index contributed by atoms with van der Waals surface area (Å²) in [7, 11) is 5.22. The van der Waals surface area contributed by atoms with Gasteiger partial charge in [-0.1, -0.05) is 26.0 Å². The van der Waals surface area contributed by atoms with Gasteiger partial charge in [0.1, 0.15) is 24.8 Å². The van der Waals surface area contributed by atoms with Gasteiger partial charge in [-0.2, -0.15) is 0 Å². The molecule has 3 fully saturated rings. The van der Waals surface area contributed by atoms with Gasteiger partial charge in [-0.3, -0.25) is 9.59 Å². The van der Waals surface area contributed by atoms with Crippen LogP contribution in [0.1, 0.15) is 35.5 Å². The van der Waals surface area contributed by atoms with Crippen molar-refractivity contribution in [3.63, 3.8) is 0 Å². The molecule has 10 nitrogen and oxygen atoms in total. The Morgan fingerprint density at radius 3 is 2.45 bits per heavy atom. The molecule has 42 heavy (non-hydrogen) atoms. The summed E-state index contributed by atoms with van der Waals surface area (Å²) >= 11 is 8.31. The summed E-state index contributed by atoms with van der Waals surface area (Å²) < 4.78 is 17.3. The largest absolute Gasteiger partial charge is 0.369 e. The van der Waals surface area contributed by atoms with Crippen LogP contribution in [0.3, 0.4) is 0 Å². The van der Waals surface area contributed by atoms with Gasteiger partial charge in [-0.15, -0.1) is 22.9 Å². The van der Waals surface area contributed by atoms with Crippen LogP contribution in [0.2, 0.25) is 0 Å². The highest BCUT2D eigenvalue weighted by Crippen LogP contribution is 2.41. The number of likely N-dealkylation sites (N-methyl/N-ethyl adjacent to an activating group) is 1. The highest BCUT2D eigenvalue weighted by Gasteiger charge is 2.61. The summed E-state index contributed by atoms with van der Waals surface area (Å²) in [5, 5.41) is 3.63. The average Bonchev–Trinajstić information content (AvgIpc) is 3.66. The van der Waals surface area contributed by atoms with Gasteiger partial charge in [0.05, 0.1) is 11.1 Å². The number of benzene rings is 1. The lowest BCUT2D eigenvalue weighted by Crippen LogP contribution is -2.58. The summed E-state index contributed by atoms with van der Waals surface area (Å²) in [5.74, 6) is -1.46. The van der Waals surface area contributed by atoms with Crippen molar-refractivity contribution in [2.24, 2.45) is 5.92 Å². The third-order valence-electron chi connectivity index (χ3n) is 8.57. The van der Waals surface area contributed by atoms with E-state index in [-0.39, 0.29) is 30.9 Å². The second-order valence-corrected chi connectivity index (χ2v) is 13.6. The van der Waals surface area contributed by atoms with Crippen molar-refractivity contribution in [1.82, 2.24) is 20.1 Å². The first kappa shape index (κ1) is 31.2. The summed E-state index contributed by atoms with van der Waals surface area (Å²) in [6, 6.07) is 6.19. The Balaban J connectivity index is 1.30. The smallest absolute Gasteiger partial charge is 0.251 e. The van der Waals surface area contributed by atoms with Gasteiger partial charge in [0.2, 0.25) is 11.7 Å². The molecule has 12 heteroatoms. The van der Waals surface area contributed by atoms with Gasteiger partial charge in [0, 0.05) is 62.9 Å². The number of fused-ring (bicyclic) bond motifs is 1. The number of piperazine rings is 1.